The molecule has 7 heteroatoms. The Hall–Kier alpha value is -3.35. The van der Waals surface area contributed by atoms with Crippen molar-refractivity contribution in [3.63, 3.8) is 0 Å². The van der Waals surface area contributed by atoms with E-state index in [2.05, 4.69) is 10.2 Å². The minimum atomic E-state index is -0.399. The largest absolute Gasteiger partial charge is 0.464 e. The van der Waals surface area contributed by atoms with Crippen LogP contribution in [0, 0.1) is 13.8 Å². The van der Waals surface area contributed by atoms with Crippen LogP contribution in [-0.4, -0.2) is 16.2 Å². The summed E-state index contributed by atoms with van der Waals surface area (Å²) in [6.45, 7) is 3.95. The summed E-state index contributed by atoms with van der Waals surface area (Å²) in [5.41, 5.74) is 3.83. The fourth-order valence-corrected chi connectivity index (χ4v) is 2.63. The van der Waals surface area contributed by atoms with Crippen molar-refractivity contribution in [2.45, 2.75) is 26.9 Å². The maximum atomic E-state index is 12.1. The Bertz CT molecular complexity index is 1060. The van der Waals surface area contributed by atoms with Crippen LogP contribution in [0.1, 0.15) is 22.6 Å². The number of ether oxygens (including phenoxy) is 1. The van der Waals surface area contributed by atoms with E-state index in [4.69, 9.17) is 18.0 Å². The lowest BCUT2D eigenvalue weighted by molar-refractivity contribution is -0.144. The number of carbonyl (C=O) groups excluding carboxylic acids is 1. The first-order valence-electron chi connectivity index (χ1n) is 8.09. The summed E-state index contributed by atoms with van der Waals surface area (Å²) in [5, 5.41) is 8.61. The smallest absolute Gasteiger partial charge is 0.310 e. The molecule has 0 unspecified atom stereocenters. The van der Waals surface area contributed by atoms with E-state index in [0.29, 0.717) is 5.76 Å². The number of esters is 1. The zero-order valence-electron chi connectivity index (χ0n) is 14.3. The summed E-state index contributed by atoms with van der Waals surface area (Å²) in [7, 11) is 0. The molecule has 0 saturated heterocycles. The average molecular weight is 352 g/mol. The minimum absolute atomic E-state index is 0.0968. The van der Waals surface area contributed by atoms with E-state index in [1.807, 2.05) is 26.0 Å². The summed E-state index contributed by atoms with van der Waals surface area (Å²) in [4.78, 5) is 12.1. The number of hydrogen-bond donors (Lipinski definition) is 0. The van der Waals surface area contributed by atoms with Gasteiger partial charge in [-0.1, -0.05) is 0 Å². The molecule has 0 aliphatic rings. The number of aromatic nitrogens is 2. The second kappa shape index (κ2) is 6.51. The third-order valence-electron chi connectivity index (χ3n) is 4.16. The third-order valence-corrected chi connectivity index (χ3v) is 4.16. The molecule has 132 valence electrons. The number of nitrogens with zero attached hydrogens (tertiary/aromatic N) is 2. The van der Waals surface area contributed by atoms with Gasteiger partial charge in [0.2, 0.25) is 0 Å². The molecule has 3 heterocycles. The molecule has 7 nitrogen and oxygen atoms in total. The van der Waals surface area contributed by atoms with Crippen LogP contribution in [0.4, 0.5) is 0 Å². The minimum Gasteiger partial charge on any atom is -0.464 e. The number of aryl methyl sites for hydroxylation is 2. The molecule has 4 rings (SSSR count). The quantitative estimate of drug-likeness (QED) is 0.502. The van der Waals surface area contributed by atoms with Gasteiger partial charge < -0.3 is 18.0 Å². The lowest BCUT2D eigenvalue weighted by Gasteiger charge is -2.02. The van der Waals surface area contributed by atoms with Gasteiger partial charge in [0, 0.05) is 10.9 Å². The molecule has 0 N–H and O–H groups in total. The molecule has 0 bridgehead atoms. The third kappa shape index (κ3) is 3.11. The zero-order valence-corrected chi connectivity index (χ0v) is 14.3. The van der Waals surface area contributed by atoms with Gasteiger partial charge in [-0.25, -0.2) is 0 Å². The number of carbonyl (C=O) groups is 1. The molecule has 0 atom stereocenters. The van der Waals surface area contributed by atoms with Crippen molar-refractivity contribution < 1.29 is 22.8 Å². The number of fused-ring (bicyclic) bond motifs is 1. The van der Waals surface area contributed by atoms with E-state index < -0.39 is 5.97 Å². The van der Waals surface area contributed by atoms with Crippen LogP contribution in [0.15, 0.2) is 50.0 Å². The molecule has 26 heavy (non-hydrogen) atoms. The summed E-state index contributed by atoms with van der Waals surface area (Å²) in [6.07, 6.45) is 3.21. The molecule has 0 fully saturated rings. The lowest BCUT2D eigenvalue weighted by Crippen LogP contribution is -2.08. The van der Waals surface area contributed by atoms with E-state index in [1.54, 1.807) is 18.4 Å². The molecule has 0 amide bonds. The van der Waals surface area contributed by atoms with Gasteiger partial charge in [-0.3, -0.25) is 4.79 Å². The van der Waals surface area contributed by atoms with E-state index in [0.717, 1.165) is 27.7 Å². The van der Waals surface area contributed by atoms with Crippen LogP contribution in [-0.2, 0) is 22.6 Å². The van der Waals surface area contributed by atoms with Crippen LogP contribution in [0.25, 0.3) is 22.6 Å². The van der Waals surface area contributed by atoms with Crippen LogP contribution >= 0.6 is 0 Å². The molecular weight excluding hydrogens is 336 g/mol. The monoisotopic (exact) mass is 352 g/mol. The standard InChI is InChI=1S/C19H16N2O5/c1-11-6-14-13(9-24-16(14)7-12(11)2)8-18(22)25-10-17-20-21-19(26-17)15-4-3-5-23-15/h3-7,9H,8,10H2,1-2H3. The predicted octanol–water partition coefficient (Wildman–Crippen LogP) is 3.98. The van der Waals surface area contributed by atoms with E-state index >= 15 is 0 Å². The van der Waals surface area contributed by atoms with Crippen molar-refractivity contribution in [1.82, 2.24) is 10.2 Å². The van der Waals surface area contributed by atoms with Gasteiger partial charge in [0.1, 0.15) is 5.58 Å². The van der Waals surface area contributed by atoms with Crippen molar-refractivity contribution >= 4 is 16.9 Å². The van der Waals surface area contributed by atoms with E-state index in [1.165, 1.54) is 6.26 Å². The molecule has 1 aromatic carbocycles. The molecular formula is C19H16N2O5. The van der Waals surface area contributed by atoms with Gasteiger partial charge in [-0.15, -0.1) is 10.2 Å². The summed E-state index contributed by atoms with van der Waals surface area (Å²) < 4.78 is 21.3. The van der Waals surface area contributed by atoms with Crippen LogP contribution < -0.4 is 0 Å². The molecule has 0 saturated carbocycles. The fourth-order valence-electron chi connectivity index (χ4n) is 2.63. The first kappa shape index (κ1) is 16.1. The second-order valence-corrected chi connectivity index (χ2v) is 6.01. The Balaban J connectivity index is 1.41. The topological polar surface area (TPSA) is 91.5 Å². The molecule has 0 radical (unpaired) electrons. The van der Waals surface area contributed by atoms with Crippen LogP contribution in [0.5, 0.6) is 0 Å². The van der Waals surface area contributed by atoms with Crippen molar-refractivity contribution in [1.29, 1.82) is 0 Å². The van der Waals surface area contributed by atoms with Gasteiger partial charge in [0.25, 0.3) is 11.8 Å². The lowest BCUT2D eigenvalue weighted by atomic mass is 10.0. The zero-order chi connectivity index (χ0) is 18.1. The van der Waals surface area contributed by atoms with E-state index in [-0.39, 0.29) is 24.8 Å². The Morgan fingerprint density at radius 1 is 1.15 bits per heavy atom. The Kier molecular flexibility index (Phi) is 4.04. The molecule has 0 aliphatic carbocycles. The number of rotatable bonds is 5. The van der Waals surface area contributed by atoms with Gasteiger partial charge in [0.05, 0.1) is 18.9 Å². The van der Waals surface area contributed by atoms with Gasteiger partial charge in [-0.2, -0.15) is 0 Å². The van der Waals surface area contributed by atoms with Crippen LogP contribution in [0.2, 0.25) is 0 Å². The number of hydrogen-bond acceptors (Lipinski definition) is 7. The highest BCUT2D eigenvalue weighted by Gasteiger charge is 2.15. The molecule has 0 spiro atoms. The number of furan rings is 2. The first-order valence-corrected chi connectivity index (χ1v) is 8.09. The van der Waals surface area contributed by atoms with E-state index in [9.17, 15) is 4.79 Å². The Morgan fingerprint density at radius 3 is 2.81 bits per heavy atom. The summed E-state index contributed by atoms with van der Waals surface area (Å²) in [6, 6.07) is 7.41. The Morgan fingerprint density at radius 2 is 2.00 bits per heavy atom. The van der Waals surface area contributed by atoms with Gasteiger partial charge in [-0.05, 0) is 49.2 Å². The highest BCUT2D eigenvalue weighted by molar-refractivity contribution is 5.86. The molecule has 4 aromatic rings. The van der Waals surface area contributed by atoms with Crippen molar-refractivity contribution in [2.24, 2.45) is 0 Å². The number of benzene rings is 1. The first-order chi connectivity index (χ1) is 12.6. The summed E-state index contributed by atoms with van der Waals surface area (Å²) in [5.74, 6) is 0.510. The van der Waals surface area contributed by atoms with Crippen LogP contribution in [0.3, 0.4) is 0 Å². The molecule has 3 aromatic heterocycles. The summed E-state index contributed by atoms with van der Waals surface area (Å²) >= 11 is 0. The van der Waals surface area contributed by atoms with Gasteiger partial charge >= 0.3 is 5.97 Å². The molecule has 0 aliphatic heterocycles. The average Bonchev–Trinajstić information content (AvgIpc) is 3.35. The van der Waals surface area contributed by atoms with Crippen molar-refractivity contribution in [3.05, 3.63) is 59.4 Å². The van der Waals surface area contributed by atoms with Crippen molar-refractivity contribution in [3.8, 4) is 11.7 Å². The van der Waals surface area contributed by atoms with Crippen molar-refractivity contribution in [2.75, 3.05) is 0 Å². The highest BCUT2D eigenvalue weighted by atomic mass is 16.5. The predicted molar refractivity (Wildman–Crippen MR) is 91.2 cm³/mol. The second-order valence-electron chi connectivity index (χ2n) is 6.01. The SMILES string of the molecule is Cc1cc2occ(CC(=O)OCc3nnc(-c4ccco4)o3)c2cc1C. The Labute approximate surface area is 148 Å². The van der Waals surface area contributed by atoms with Gasteiger partial charge in [0.15, 0.2) is 12.4 Å². The maximum absolute atomic E-state index is 12.1. The normalized spacial score (nSPS) is 11.2. The maximum Gasteiger partial charge on any atom is 0.310 e. The fraction of sp³-hybridized carbons (Fsp3) is 0.211. The highest BCUT2D eigenvalue weighted by Crippen LogP contribution is 2.25.